The van der Waals surface area contributed by atoms with Gasteiger partial charge in [-0.25, -0.2) is 9.37 Å². The Morgan fingerprint density at radius 1 is 1.29 bits per heavy atom. The number of nitro benzene ring substituents is 1. The van der Waals surface area contributed by atoms with Crippen LogP contribution in [-0.2, 0) is 6.42 Å². The first-order valence-corrected chi connectivity index (χ1v) is 8.03. The highest BCUT2D eigenvalue weighted by atomic mass is 32.2. The smallest absolute Gasteiger partial charge is 0.271 e. The predicted molar refractivity (Wildman–Crippen MR) is 86.8 cm³/mol. The number of aromatic nitrogens is 2. The number of nitro groups is 1. The molecule has 1 heterocycles. The van der Waals surface area contributed by atoms with Crippen LogP contribution >= 0.6 is 11.8 Å². The van der Waals surface area contributed by atoms with Crippen molar-refractivity contribution in [2.75, 3.05) is 0 Å². The second-order valence-corrected chi connectivity index (χ2v) is 6.67. The van der Waals surface area contributed by atoms with Crippen LogP contribution in [0.5, 0.6) is 0 Å². The number of halogens is 1. The van der Waals surface area contributed by atoms with Crippen molar-refractivity contribution >= 4 is 34.3 Å². The Morgan fingerprint density at radius 3 is 2.92 bits per heavy atom. The van der Waals surface area contributed by atoms with Crippen LogP contribution in [0.3, 0.4) is 0 Å². The minimum absolute atomic E-state index is 0.0254. The average Bonchev–Trinajstić information content (AvgIpc) is 3.08. The zero-order valence-electron chi connectivity index (χ0n) is 12.2. The lowest BCUT2D eigenvalue weighted by Crippen LogP contribution is -2.11. The van der Waals surface area contributed by atoms with E-state index in [-0.39, 0.29) is 16.7 Å². The molecular weight excluding hydrogens is 333 g/mol. The minimum atomic E-state index is -0.473. The van der Waals surface area contributed by atoms with E-state index in [1.807, 2.05) is 0 Å². The fourth-order valence-electron chi connectivity index (χ4n) is 2.80. The lowest BCUT2D eigenvalue weighted by atomic mass is 10.1. The molecular formula is C16H10FN3O3S. The fourth-order valence-corrected chi connectivity index (χ4v) is 3.88. The number of hydrogen-bond acceptors (Lipinski definition) is 5. The monoisotopic (exact) mass is 343 g/mol. The second kappa shape index (κ2) is 5.41. The number of aromatic amines is 1. The van der Waals surface area contributed by atoms with Crippen LogP contribution in [0, 0.1) is 15.9 Å². The van der Waals surface area contributed by atoms with E-state index in [1.165, 1.54) is 36.0 Å². The number of nitrogens with one attached hydrogen (secondary N) is 1. The van der Waals surface area contributed by atoms with Gasteiger partial charge in [-0.2, -0.15) is 0 Å². The lowest BCUT2D eigenvalue weighted by Gasteiger charge is -2.03. The first-order valence-electron chi connectivity index (χ1n) is 7.15. The van der Waals surface area contributed by atoms with Gasteiger partial charge in [0.2, 0.25) is 0 Å². The molecule has 3 aromatic rings. The first-order chi connectivity index (χ1) is 11.5. The summed E-state index contributed by atoms with van der Waals surface area (Å²) in [5.74, 6) is -0.551. The highest BCUT2D eigenvalue weighted by Crippen LogP contribution is 2.34. The Hall–Kier alpha value is -2.74. The van der Waals surface area contributed by atoms with E-state index in [1.54, 1.807) is 12.1 Å². The van der Waals surface area contributed by atoms with Crippen molar-refractivity contribution in [1.82, 2.24) is 9.97 Å². The molecule has 0 spiro atoms. The standard InChI is InChI=1S/C16H10FN3O3S/c17-9-2-1-8-5-14(15(21)11(8)6-9)24-16-18-12-4-3-10(20(22)23)7-13(12)19-16/h1-4,6-7,14H,5H2,(H,18,19). The molecule has 2 aromatic carbocycles. The van der Waals surface area contributed by atoms with Gasteiger partial charge in [-0.05, 0) is 30.2 Å². The molecule has 120 valence electrons. The van der Waals surface area contributed by atoms with Gasteiger partial charge in [-0.1, -0.05) is 17.8 Å². The Morgan fingerprint density at radius 2 is 2.12 bits per heavy atom. The quantitative estimate of drug-likeness (QED) is 0.581. The number of fused-ring (bicyclic) bond motifs is 2. The summed E-state index contributed by atoms with van der Waals surface area (Å²) in [7, 11) is 0. The van der Waals surface area contributed by atoms with Crippen molar-refractivity contribution < 1.29 is 14.1 Å². The zero-order chi connectivity index (χ0) is 16.8. The minimum Gasteiger partial charge on any atom is -0.333 e. The molecule has 1 N–H and O–H groups in total. The molecule has 6 nitrogen and oxygen atoms in total. The summed E-state index contributed by atoms with van der Waals surface area (Å²) in [5.41, 5.74) is 2.35. The number of rotatable bonds is 3. The van der Waals surface area contributed by atoms with Gasteiger partial charge in [0.25, 0.3) is 5.69 Å². The SMILES string of the molecule is O=C1c2cc(F)ccc2CC1Sc1nc2ccc([N+](=O)[O-])cc2[nH]1. The number of ketones is 1. The van der Waals surface area contributed by atoms with Crippen molar-refractivity contribution in [2.45, 2.75) is 16.8 Å². The number of carbonyl (C=O) groups is 1. The lowest BCUT2D eigenvalue weighted by molar-refractivity contribution is -0.384. The van der Waals surface area contributed by atoms with Crippen LogP contribution in [-0.4, -0.2) is 25.9 Å². The average molecular weight is 343 g/mol. The molecule has 1 aliphatic carbocycles. The number of carbonyl (C=O) groups excluding carboxylic acids is 1. The number of nitrogens with zero attached hydrogens (tertiary/aromatic N) is 2. The summed E-state index contributed by atoms with van der Waals surface area (Å²) in [6, 6.07) is 8.60. The van der Waals surface area contributed by atoms with Crippen molar-refractivity contribution in [3.63, 3.8) is 0 Å². The number of non-ortho nitro benzene ring substituents is 1. The Balaban J connectivity index is 1.61. The topological polar surface area (TPSA) is 88.9 Å². The van der Waals surface area contributed by atoms with E-state index < -0.39 is 10.7 Å². The van der Waals surface area contributed by atoms with E-state index in [0.29, 0.717) is 28.2 Å². The van der Waals surface area contributed by atoms with Crippen molar-refractivity contribution in [2.24, 2.45) is 0 Å². The molecule has 24 heavy (non-hydrogen) atoms. The molecule has 0 saturated heterocycles. The molecule has 0 radical (unpaired) electrons. The molecule has 1 aromatic heterocycles. The van der Waals surface area contributed by atoms with Crippen LogP contribution < -0.4 is 0 Å². The second-order valence-electron chi connectivity index (χ2n) is 5.48. The van der Waals surface area contributed by atoms with Crippen molar-refractivity contribution in [1.29, 1.82) is 0 Å². The number of H-pyrrole nitrogens is 1. The van der Waals surface area contributed by atoms with Crippen molar-refractivity contribution in [3.8, 4) is 0 Å². The third-order valence-electron chi connectivity index (χ3n) is 3.94. The highest BCUT2D eigenvalue weighted by Gasteiger charge is 2.32. The maximum atomic E-state index is 13.3. The molecule has 1 unspecified atom stereocenters. The summed E-state index contributed by atoms with van der Waals surface area (Å²) in [5, 5.41) is 11.0. The summed E-state index contributed by atoms with van der Waals surface area (Å²) in [6.07, 6.45) is 0.510. The van der Waals surface area contributed by atoms with Gasteiger partial charge in [0.15, 0.2) is 10.9 Å². The maximum Gasteiger partial charge on any atom is 0.271 e. The van der Waals surface area contributed by atoms with E-state index in [2.05, 4.69) is 9.97 Å². The predicted octanol–water partition coefficient (Wildman–Crippen LogP) is 3.51. The molecule has 0 bridgehead atoms. The normalized spacial score (nSPS) is 16.5. The van der Waals surface area contributed by atoms with E-state index in [4.69, 9.17) is 0 Å². The van der Waals surface area contributed by atoms with Crippen molar-refractivity contribution in [3.05, 3.63) is 63.5 Å². The zero-order valence-corrected chi connectivity index (χ0v) is 13.0. The van der Waals surface area contributed by atoms with Crippen LogP contribution in [0.15, 0.2) is 41.6 Å². The van der Waals surface area contributed by atoms with Gasteiger partial charge in [0.05, 0.1) is 21.2 Å². The molecule has 1 aliphatic rings. The maximum absolute atomic E-state index is 13.3. The van der Waals surface area contributed by atoms with Gasteiger partial charge in [-0.15, -0.1) is 0 Å². The highest BCUT2D eigenvalue weighted by molar-refractivity contribution is 8.00. The largest absolute Gasteiger partial charge is 0.333 e. The van der Waals surface area contributed by atoms with E-state index in [0.717, 1.165) is 5.56 Å². The fraction of sp³-hybridized carbons (Fsp3) is 0.125. The van der Waals surface area contributed by atoms with Crippen LogP contribution in [0.2, 0.25) is 0 Å². The van der Waals surface area contributed by atoms with Crippen LogP contribution in [0.25, 0.3) is 11.0 Å². The summed E-state index contributed by atoms with van der Waals surface area (Å²) in [4.78, 5) is 30.1. The number of Topliss-reactive ketones (excluding diaryl/α,β-unsaturated/α-hetero) is 1. The third kappa shape index (κ3) is 2.44. The number of benzene rings is 2. The van der Waals surface area contributed by atoms with Crippen LogP contribution in [0.1, 0.15) is 15.9 Å². The molecule has 8 heteroatoms. The molecule has 0 fully saturated rings. The third-order valence-corrected chi connectivity index (χ3v) is 5.03. The molecule has 0 saturated carbocycles. The van der Waals surface area contributed by atoms with Gasteiger partial charge >= 0.3 is 0 Å². The molecule has 1 atom stereocenters. The van der Waals surface area contributed by atoms with Gasteiger partial charge in [-0.3, -0.25) is 14.9 Å². The number of imidazole rings is 1. The Bertz CT molecular complexity index is 1000. The summed E-state index contributed by atoms with van der Waals surface area (Å²) >= 11 is 1.25. The Labute approximate surface area is 139 Å². The first kappa shape index (κ1) is 14.8. The molecule has 4 rings (SSSR count). The number of hydrogen-bond donors (Lipinski definition) is 1. The van der Waals surface area contributed by atoms with Gasteiger partial charge < -0.3 is 4.98 Å². The molecule has 0 amide bonds. The Kier molecular flexibility index (Phi) is 3.34. The van der Waals surface area contributed by atoms with E-state index >= 15 is 0 Å². The van der Waals surface area contributed by atoms with Crippen LogP contribution in [0.4, 0.5) is 10.1 Å². The van der Waals surface area contributed by atoms with Gasteiger partial charge in [0, 0.05) is 17.7 Å². The molecule has 0 aliphatic heterocycles. The summed E-state index contributed by atoms with van der Waals surface area (Å²) in [6.45, 7) is 0. The number of thioether (sulfide) groups is 1. The summed E-state index contributed by atoms with van der Waals surface area (Å²) < 4.78 is 13.3. The van der Waals surface area contributed by atoms with Gasteiger partial charge in [0.1, 0.15) is 5.82 Å². The van der Waals surface area contributed by atoms with E-state index in [9.17, 15) is 19.3 Å².